The average molecular weight is 261 g/mol. The van der Waals surface area contributed by atoms with Crippen LogP contribution in [0.2, 0.25) is 0 Å². The van der Waals surface area contributed by atoms with Gasteiger partial charge in [-0.05, 0) is 20.8 Å². The molecule has 1 aliphatic heterocycles. The van der Waals surface area contributed by atoms with Gasteiger partial charge in [0.25, 0.3) is 5.79 Å². The summed E-state index contributed by atoms with van der Waals surface area (Å²) in [5.74, 6) is -4.84. The molecule has 2 amide bonds. The van der Waals surface area contributed by atoms with Crippen molar-refractivity contribution in [3.63, 3.8) is 0 Å². The Morgan fingerprint density at radius 2 is 1.94 bits per heavy atom. The Morgan fingerprint density at radius 1 is 1.39 bits per heavy atom. The van der Waals surface area contributed by atoms with Gasteiger partial charge in [-0.1, -0.05) is 0 Å². The summed E-state index contributed by atoms with van der Waals surface area (Å²) in [5.41, 5.74) is -0.892. The number of imide groups is 1. The van der Waals surface area contributed by atoms with Crippen molar-refractivity contribution in [3.05, 3.63) is 0 Å². The van der Waals surface area contributed by atoms with E-state index in [-0.39, 0.29) is 11.3 Å². The lowest BCUT2D eigenvalue weighted by Gasteiger charge is -2.29. The number of ether oxygens (including phenoxy) is 2. The van der Waals surface area contributed by atoms with E-state index in [0.717, 1.165) is 7.11 Å². The summed E-state index contributed by atoms with van der Waals surface area (Å²) in [6.07, 6.45) is -1.85. The molecule has 18 heavy (non-hydrogen) atoms. The normalized spacial score (nSPS) is 24.1. The molecule has 0 radical (unpaired) electrons. The number of hydrogen-bond acceptors (Lipinski definition) is 5. The molecule has 1 unspecified atom stereocenters. The third kappa shape index (κ3) is 2.60. The second-order valence-electron chi connectivity index (χ2n) is 4.96. The molecule has 0 aliphatic carbocycles. The summed E-state index contributed by atoms with van der Waals surface area (Å²) >= 11 is 0. The van der Waals surface area contributed by atoms with Crippen LogP contribution in [0.1, 0.15) is 33.6 Å². The zero-order valence-corrected chi connectivity index (χ0v) is 10.8. The Balaban J connectivity index is 2.99. The number of methoxy groups -OCH3 is 1. The molecule has 1 fully saturated rings. The van der Waals surface area contributed by atoms with Crippen molar-refractivity contribution in [3.8, 4) is 0 Å². The van der Waals surface area contributed by atoms with E-state index in [2.05, 4.69) is 4.74 Å². The van der Waals surface area contributed by atoms with E-state index in [9.17, 15) is 18.8 Å². The van der Waals surface area contributed by atoms with Gasteiger partial charge in [0, 0.05) is 12.8 Å². The van der Waals surface area contributed by atoms with Crippen LogP contribution in [0.5, 0.6) is 0 Å². The van der Waals surface area contributed by atoms with Crippen molar-refractivity contribution < 1.29 is 28.2 Å². The van der Waals surface area contributed by atoms with Gasteiger partial charge in [-0.3, -0.25) is 4.79 Å². The van der Waals surface area contributed by atoms with Crippen molar-refractivity contribution in [1.29, 1.82) is 0 Å². The van der Waals surface area contributed by atoms with Crippen molar-refractivity contribution in [1.82, 2.24) is 4.90 Å². The first-order valence-corrected chi connectivity index (χ1v) is 5.45. The number of halogens is 1. The Bertz CT molecular complexity index is 389. The Labute approximate surface area is 104 Å². The van der Waals surface area contributed by atoms with Gasteiger partial charge in [-0.25, -0.2) is 18.9 Å². The predicted molar refractivity (Wildman–Crippen MR) is 58.2 cm³/mol. The highest BCUT2D eigenvalue weighted by Crippen LogP contribution is 2.34. The molecule has 0 spiro atoms. The third-order valence-corrected chi connectivity index (χ3v) is 2.35. The van der Waals surface area contributed by atoms with Crippen LogP contribution in [0.15, 0.2) is 0 Å². The summed E-state index contributed by atoms with van der Waals surface area (Å²) in [6, 6.07) is 0. The molecule has 0 N–H and O–H groups in total. The minimum absolute atomic E-state index is 0.198. The fourth-order valence-electron chi connectivity index (χ4n) is 1.60. The maximum atomic E-state index is 14.4. The predicted octanol–water partition coefficient (Wildman–Crippen LogP) is 1.38. The first kappa shape index (κ1) is 14.4. The molecular weight excluding hydrogens is 245 g/mol. The number of carbonyl (C=O) groups excluding carboxylic acids is 3. The van der Waals surface area contributed by atoms with E-state index >= 15 is 0 Å². The summed E-state index contributed by atoms with van der Waals surface area (Å²) in [4.78, 5) is 34.8. The molecule has 102 valence electrons. The Kier molecular flexibility index (Phi) is 3.64. The van der Waals surface area contributed by atoms with Crippen LogP contribution < -0.4 is 0 Å². The lowest BCUT2D eigenvalue weighted by atomic mass is 10.2. The zero-order valence-electron chi connectivity index (χ0n) is 10.8. The molecule has 0 aromatic rings. The van der Waals surface area contributed by atoms with E-state index in [1.54, 1.807) is 20.8 Å². The number of rotatable bonds is 1. The van der Waals surface area contributed by atoms with Crippen molar-refractivity contribution in [2.45, 2.75) is 45.0 Å². The van der Waals surface area contributed by atoms with Gasteiger partial charge in [0.05, 0.1) is 7.11 Å². The van der Waals surface area contributed by atoms with Gasteiger partial charge in [0.2, 0.25) is 5.91 Å². The first-order valence-electron chi connectivity index (χ1n) is 5.45. The molecule has 0 saturated carbocycles. The van der Waals surface area contributed by atoms with Crippen LogP contribution in [0.3, 0.4) is 0 Å². The lowest BCUT2D eigenvalue weighted by molar-refractivity contribution is -0.168. The highest BCUT2D eigenvalue weighted by Gasteiger charge is 2.57. The summed E-state index contributed by atoms with van der Waals surface area (Å²) in [5, 5.41) is 0. The van der Waals surface area contributed by atoms with Crippen LogP contribution in [-0.2, 0) is 19.1 Å². The molecule has 7 heteroatoms. The molecule has 1 saturated heterocycles. The average Bonchev–Trinajstić information content (AvgIpc) is 2.52. The SMILES string of the molecule is COC(=O)C1(F)CCC(=O)N1C(=O)OC(C)(C)C. The lowest BCUT2D eigenvalue weighted by Crippen LogP contribution is -2.53. The summed E-state index contributed by atoms with van der Waals surface area (Å²) in [7, 11) is 0.986. The molecule has 0 aromatic carbocycles. The second-order valence-corrected chi connectivity index (χ2v) is 4.96. The number of carbonyl (C=O) groups is 3. The van der Waals surface area contributed by atoms with Crippen molar-refractivity contribution >= 4 is 18.0 Å². The Morgan fingerprint density at radius 3 is 2.39 bits per heavy atom. The van der Waals surface area contributed by atoms with Gasteiger partial charge in [-0.2, -0.15) is 0 Å². The van der Waals surface area contributed by atoms with Crippen molar-refractivity contribution in [2.24, 2.45) is 0 Å². The van der Waals surface area contributed by atoms with Crippen LogP contribution in [0, 0.1) is 0 Å². The second kappa shape index (κ2) is 4.55. The highest BCUT2D eigenvalue weighted by molar-refractivity contribution is 6.01. The number of amides is 2. The quantitative estimate of drug-likeness (QED) is 0.526. The minimum atomic E-state index is -2.77. The van der Waals surface area contributed by atoms with Gasteiger partial charge in [-0.15, -0.1) is 0 Å². The van der Waals surface area contributed by atoms with Gasteiger partial charge in [0.15, 0.2) is 0 Å². The topological polar surface area (TPSA) is 72.9 Å². The van der Waals surface area contributed by atoms with Gasteiger partial charge >= 0.3 is 12.1 Å². The van der Waals surface area contributed by atoms with Gasteiger partial charge < -0.3 is 9.47 Å². The maximum absolute atomic E-state index is 14.4. The Hall–Kier alpha value is -1.66. The van der Waals surface area contributed by atoms with E-state index in [1.807, 2.05) is 0 Å². The van der Waals surface area contributed by atoms with Crippen LogP contribution in [0.25, 0.3) is 0 Å². The standard InChI is InChI=1S/C11H16FNO5/c1-10(2,3)18-9(16)13-7(14)5-6-11(13,12)8(15)17-4/h5-6H2,1-4H3. The largest absolute Gasteiger partial charge is 0.465 e. The highest BCUT2D eigenvalue weighted by atomic mass is 19.1. The van der Waals surface area contributed by atoms with E-state index in [4.69, 9.17) is 4.74 Å². The van der Waals surface area contributed by atoms with Crippen molar-refractivity contribution in [2.75, 3.05) is 7.11 Å². The number of esters is 1. The van der Waals surface area contributed by atoms with Crippen LogP contribution >= 0.6 is 0 Å². The maximum Gasteiger partial charge on any atom is 0.420 e. The fourth-order valence-corrected chi connectivity index (χ4v) is 1.60. The smallest absolute Gasteiger partial charge is 0.420 e. The first-order chi connectivity index (χ1) is 8.12. The zero-order chi connectivity index (χ0) is 14.1. The van der Waals surface area contributed by atoms with E-state index in [0.29, 0.717) is 0 Å². The monoisotopic (exact) mass is 261 g/mol. The number of nitrogens with zero attached hydrogens (tertiary/aromatic N) is 1. The molecule has 1 heterocycles. The van der Waals surface area contributed by atoms with Crippen LogP contribution in [0.4, 0.5) is 9.18 Å². The molecular formula is C11H16FNO5. The fraction of sp³-hybridized carbons (Fsp3) is 0.727. The summed E-state index contributed by atoms with van der Waals surface area (Å²) in [6.45, 7) is 4.72. The summed E-state index contributed by atoms with van der Waals surface area (Å²) < 4.78 is 23.6. The number of likely N-dealkylation sites (tertiary alicyclic amines) is 1. The van der Waals surface area contributed by atoms with E-state index < -0.39 is 35.8 Å². The number of hydrogen-bond donors (Lipinski definition) is 0. The van der Waals surface area contributed by atoms with E-state index in [1.165, 1.54) is 0 Å². The molecule has 0 aromatic heterocycles. The minimum Gasteiger partial charge on any atom is -0.465 e. The van der Waals surface area contributed by atoms with Gasteiger partial charge in [0.1, 0.15) is 5.60 Å². The molecule has 0 bridgehead atoms. The third-order valence-electron chi connectivity index (χ3n) is 2.35. The molecule has 6 nitrogen and oxygen atoms in total. The van der Waals surface area contributed by atoms with Crippen LogP contribution in [-0.4, -0.2) is 41.4 Å². The number of alkyl halides is 1. The molecule has 1 atom stereocenters. The molecule has 1 rings (SSSR count). The molecule has 1 aliphatic rings.